The fraction of sp³-hybridized carbons (Fsp3) is 0.167. The van der Waals surface area contributed by atoms with Crippen LogP contribution in [0.5, 0.6) is 11.5 Å². The van der Waals surface area contributed by atoms with E-state index in [1.54, 1.807) is 7.11 Å². The Morgan fingerprint density at radius 3 is 2.23 bits per heavy atom. The van der Waals surface area contributed by atoms with Crippen LogP contribution in [0, 0.1) is 0 Å². The molecule has 1 N–H and O–H groups in total. The van der Waals surface area contributed by atoms with Crippen molar-refractivity contribution in [3.05, 3.63) is 90.5 Å². The number of alkyl carbamates (subject to hydrolysis) is 1. The first-order valence-corrected chi connectivity index (χ1v) is 9.59. The van der Waals surface area contributed by atoms with Crippen LogP contribution >= 0.6 is 0 Å². The third-order valence-electron chi connectivity index (χ3n) is 4.16. The van der Waals surface area contributed by atoms with E-state index in [0.29, 0.717) is 24.7 Å². The first-order valence-electron chi connectivity index (χ1n) is 9.59. The van der Waals surface area contributed by atoms with E-state index in [1.807, 2.05) is 91.1 Å². The number of carbonyl (C=O) groups excluding carboxylic acids is 1. The molecule has 3 aromatic rings. The van der Waals surface area contributed by atoms with Crippen LogP contribution in [-0.4, -0.2) is 38.7 Å². The van der Waals surface area contributed by atoms with E-state index >= 15 is 0 Å². The van der Waals surface area contributed by atoms with Crippen molar-refractivity contribution in [2.45, 2.75) is 6.10 Å². The molecule has 0 radical (unpaired) electrons. The third-order valence-corrected chi connectivity index (χ3v) is 4.16. The summed E-state index contributed by atoms with van der Waals surface area (Å²) < 4.78 is 15.6. The van der Waals surface area contributed by atoms with Crippen molar-refractivity contribution in [1.29, 1.82) is 0 Å². The average molecular weight is 404 g/mol. The number of aliphatic imine (C=N–C) groups is 1. The van der Waals surface area contributed by atoms with E-state index in [0.717, 1.165) is 11.3 Å². The highest BCUT2D eigenvalue weighted by molar-refractivity contribution is 5.81. The topological polar surface area (TPSA) is 69.2 Å². The molecule has 6 nitrogen and oxygen atoms in total. The minimum Gasteiger partial charge on any atom is -0.493 e. The molecule has 0 aromatic heterocycles. The van der Waals surface area contributed by atoms with Gasteiger partial charge in [0.1, 0.15) is 6.61 Å². The predicted octanol–water partition coefficient (Wildman–Crippen LogP) is 4.62. The maximum atomic E-state index is 10.8. The highest BCUT2D eigenvalue weighted by Crippen LogP contribution is 2.26. The molecule has 1 saturated heterocycles. The Morgan fingerprint density at radius 2 is 1.60 bits per heavy atom. The number of hydrogen-bond acceptors (Lipinski definition) is 5. The summed E-state index contributed by atoms with van der Waals surface area (Å²) in [5, 5.41) is 2.56. The number of methoxy groups -OCH3 is 1. The van der Waals surface area contributed by atoms with Crippen molar-refractivity contribution in [3.63, 3.8) is 0 Å². The second kappa shape index (κ2) is 11.3. The van der Waals surface area contributed by atoms with E-state index in [-0.39, 0.29) is 6.10 Å². The summed E-state index contributed by atoms with van der Waals surface area (Å²) in [5.74, 6) is 1.31. The molecule has 0 spiro atoms. The van der Waals surface area contributed by atoms with Gasteiger partial charge in [0.2, 0.25) is 0 Å². The number of rotatable bonds is 6. The fourth-order valence-corrected chi connectivity index (χ4v) is 2.65. The number of ether oxygens (including phenoxy) is 3. The number of carbonyl (C=O) groups is 1. The molecule has 30 heavy (non-hydrogen) atoms. The zero-order valence-corrected chi connectivity index (χ0v) is 16.7. The standard InChI is InChI=1S/C13H11N.C11H13NO4/c1-3-7-12(8-4-1)11-14-13-9-5-2-6-10-13;1-14-9-4-2-3-5-10(9)15-7-8-6-12-11(13)16-8/h1-11H;2-5,8H,6-7H2,1H3,(H,12,13). The van der Waals surface area contributed by atoms with Crippen LogP contribution in [-0.2, 0) is 4.74 Å². The molecule has 4 rings (SSSR count). The summed E-state index contributed by atoms with van der Waals surface area (Å²) in [6.45, 7) is 0.799. The molecule has 0 saturated carbocycles. The van der Waals surface area contributed by atoms with Crippen molar-refractivity contribution in [2.24, 2.45) is 4.99 Å². The molecule has 1 aliphatic heterocycles. The molecular formula is C24H24N2O4. The van der Waals surface area contributed by atoms with Crippen molar-refractivity contribution < 1.29 is 19.0 Å². The van der Waals surface area contributed by atoms with Crippen LogP contribution in [0.2, 0.25) is 0 Å². The molecule has 1 atom stereocenters. The van der Waals surface area contributed by atoms with Gasteiger partial charge in [-0.15, -0.1) is 0 Å². The van der Waals surface area contributed by atoms with Crippen LogP contribution in [0.4, 0.5) is 10.5 Å². The van der Waals surface area contributed by atoms with Gasteiger partial charge in [0, 0.05) is 6.21 Å². The molecular weight excluding hydrogens is 380 g/mol. The zero-order valence-electron chi connectivity index (χ0n) is 16.7. The van der Waals surface area contributed by atoms with Crippen LogP contribution in [0.1, 0.15) is 5.56 Å². The van der Waals surface area contributed by atoms with E-state index in [2.05, 4.69) is 10.3 Å². The van der Waals surface area contributed by atoms with E-state index < -0.39 is 6.09 Å². The summed E-state index contributed by atoms with van der Waals surface area (Å²) in [5.41, 5.74) is 2.10. The molecule has 1 amide bonds. The zero-order chi connectivity index (χ0) is 21.0. The lowest BCUT2D eigenvalue weighted by Gasteiger charge is -2.12. The van der Waals surface area contributed by atoms with Gasteiger partial charge < -0.3 is 19.5 Å². The lowest BCUT2D eigenvalue weighted by molar-refractivity contribution is 0.103. The van der Waals surface area contributed by atoms with Crippen molar-refractivity contribution in [3.8, 4) is 11.5 Å². The van der Waals surface area contributed by atoms with Crippen LogP contribution in [0.15, 0.2) is 89.9 Å². The first kappa shape index (κ1) is 20.9. The molecule has 3 aromatic carbocycles. The second-order valence-electron chi connectivity index (χ2n) is 6.37. The molecule has 0 aliphatic carbocycles. The molecule has 0 bridgehead atoms. The number of para-hydroxylation sites is 3. The summed E-state index contributed by atoms with van der Waals surface area (Å²) in [6, 6.07) is 27.4. The lowest BCUT2D eigenvalue weighted by atomic mass is 10.2. The van der Waals surface area contributed by atoms with Gasteiger partial charge in [-0.3, -0.25) is 4.99 Å². The van der Waals surface area contributed by atoms with Gasteiger partial charge in [-0.25, -0.2) is 4.79 Å². The quantitative estimate of drug-likeness (QED) is 0.609. The summed E-state index contributed by atoms with van der Waals surface area (Å²) in [7, 11) is 1.58. The molecule has 6 heteroatoms. The van der Waals surface area contributed by atoms with Gasteiger partial charge in [-0.2, -0.15) is 0 Å². The second-order valence-corrected chi connectivity index (χ2v) is 6.37. The van der Waals surface area contributed by atoms with Gasteiger partial charge in [0.05, 0.1) is 19.3 Å². The van der Waals surface area contributed by atoms with Gasteiger partial charge in [0.15, 0.2) is 17.6 Å². The SMILES string of the molecule is C(=Nc1ccccc1)c1ccccc1.COc1ccccc1OCC1CNC(=O)O1. The average Bonchev–Trinajstić information content (AvgIpc) is 3.23. The molecule has 1 heterocycles. The Morgan fingerprint density at radius 1 is 0.967 bits per heavy atom. The lowest BCUT2D eigenvalue weighted by Crippen LogP contribution is -2.22. The smallest absolute Gasteiger partial charge is 0.407 e. The van der Waals surface area contributed by atoms with Crippen molar-refractivity contribution in [1.82, 2.24) is 5.32 Å². The van der Waals surface area contributed by atoms with Gasteiger partial charge in [-0.1, -0.05) is 60.7 Å². The van der Waals surface area contributed by atoms with Crippen LogP contribution in [0.25, 0.3) is 0 Å². The van der Waals surface area contributed by atoms with Gasteiger partial charge in [0.25, 0.3) is 0 Å². The third kappa shape index (κ3) is 6.67. The molecule has 154 valence electrons. The normalized spacial score (nSPS) is 15.0. The molecule has 1 unspecified atom stereocenters. The molecule has 1 fully saturated rings. The highest BCUT2D eigenvalue weighted by Gasteiger charge is 2.23. The molecule has 1 aliphatic rings. The van der Waals surface area contributed by atoms with Gasteiger partial charge in [-0.05, 0) is 29.8 Å². The Hall–Kier alpha value is -3.80. The summed E-state index contributed by atoms with van der Waals surface area (Å²) >= 11 is 0. The number of cyclic esters (lactones) is 1. The summed E-state index contributed by atoms with van der Waals surface area (Å²) in [4.78, 5) is 15.1. The first-order chi connectivity index (χ1) is 14.7. The van der Waals surface area contributed by atoms with Crippen LogP contribution in [0.3, 0.4) is 0 Å². The van der Waals surface area contributed by atoms with E-state index in [1.165, 1.54) is 0 Å². The Balaban J connectivity index is 0.000000172. The van der Waals surface area contributed by atoms with Crippen molar-refractivity contribution >= 4 is 18.0 Å². The number of benzene rings is 3. The monoisotopic (exact) mass is 404 g/mol. The Bertz CT molecular complexity index is 904. The largest absolute Gasteiger partial charge is 0.493 e. The Kier molecular flexibility index (Phi) is 7.85. The fourth-order valence-electron chi connectivity index (χ4n) is 2.65. The highest BCUT2D eigenvalue weighted by atomic mass is 16.6. The summed E-state index contributed by atoms with van der Waals surface area (Å²) in [6.07, 6.45) is 1.24. The van der Waals surface area contributed by atoms with Gasteiger partial charge >= 0.3 is 6.09 Å². The van der Waals surface area contributed by atoms with Crippen LogP contribution < -0.4 is 14.8 Å². The maximum Gasteiger partial charge on any atom is 0.407 e. The maximum absolute atomic E-state index is 10.8. The number of amides is 1. The van der Waals surface area contributed by atoms with E-state index in [4.69, 9.17) is 14.2 Å². The minimum atomic E-state index is -0.395. The number of hydrogen-bond donors (Lipinski definition) is 1. The Labute approximate surface area is 176 Å². The number of nitrogens with one attached hydrogen (secondary N) is 1. The van der Waals surface area contributed by atoms with E-state index in [9.17, 15) is 4.79 Å². The van der Waals surface area contributed by atoms with Crippen molar-refractivity contribution in [2.75, 3.05) is 20.3 Å². The minimum absolute atomic E-state index is 0.239. The number of nitrogens with zero attached hydrogens (tertiary/aromatic N) is 1. The predicted molar refractivity (Wildman–Crippen MR) is 117 cm³/mol.